The number of nitrogens with zero attached hydrogens (tertiary/aromatic N) is 1. The van der Waals surface area contributed by atoms with Crippen molar-refractivity contribution in [2.75, 3.05) is 32.2 Å². The topological polar surface area (TPSA) is 77.1 Å². The third-order valence-electron chi connectivity index (χ3n) is 3.54. The Morgan fingerprint density at radius 1 is 1.33 bits per heavy atom. The van der Waals surface area contributed by atoms with E-state index in [1.54, 1.807) is 11.0 Å². The lowest BCUT2D eigenvalue weighted by molar-refractivity contribution is -0.148. The first-order valence-electron chi connectivity index (χ1n) is 7.52. The van der Waals surface area contributed by atoms with Crippen LogP contribution in [0, 0.1) is 0 Å². The van der Waals surface area contributed by atoms with Gasteiger partial charge in [-0.15, -0.1) is 0 Å². The van der Waals surface area contributed by atoms with Crippen LogP contribution in [0.1, 0.15) is 12.8 Å². The van der Waals surface area contributed by atoms with Gasteiger partial charge in [-0.3, -0.25) is 4.79 Å². The van der Waals surface area contributed by atoms with E-state index in [1.807, 2.05) is 18.2 Å². The van der Waals surface area contributed by atoms with Gasteiger partial charge >= 0.3 is 11.9 Å². The number of thiocarbonyl (C=S) groups is 1. The predicted octanol–water partition coefficient (Wildman–Crippen LogP) is 1.25. The molecule has 1 aromatic rings. The number of esters is 2. The molecule has 7 nitrogen and oxygen atoms in total. The summed E-state index contributed by atoms with van der Waals surface area (Å²) in [6, 6.07) is 7.33. The van der Waals surface area contributed by atoms with E-state index in [1.165, 1.54) is 14.2 Å². The summed E-state index contributed by atoms with van der Waals surface area (Å²) in [6.07, 6.45) is 0.162. The number of carbonyl (C=O) groups is 2. The molecule has 130 valence electrons. The zero-order valence-corrected chi connectivity index (χ0v) is 14.4. The van der Waals surface area contributed by atoms with Gasteiger partial charge in [0.1, 0.15) is 5.75 Å². The van der Waals surface area contributed by atoms with E-state index in [-0.39, 0.29) is 12.5 Å². The van der Waals surface area contributed by atoms with Crippen molar-refractivity contribution in [2.24, 2.45) is 0 Å². The average molecular weight is 352 g/mol. The maximum absolute atomic E-state index is 11.8. The number of ether oxygens (including phenoxy) is 3. The molecule has 0 radical (unpaired) electrons. The van der Waals surface area contributed by atoms with Crippen molar-refractivity contribution in [3.8, 4) is 5.75 Å². The highest BCUT2D eigenvalue weighted by Crippen LogP contribution is 2.33. The molecule has 0 aliphatic carbocycles. The Morgan fingerprint density at radius 3 is 2.79 bits per heavy atom. The molecule has 0 saturated carbocycles. The fourth-order valence-corrected chi connectivity index (χ4v) is 2.58. The molecule has 0 fully saturated rings. The van der Waals surface area contributed by atoms with E-state index >= 15 is 0 Å². The van der Waals surface area contributed by atoms with E-state index in [0.29, 0.717) is 30.2 Å². The first-order valence-corrected chi connectivity index (χ1v) is 7.93. The molecular weight excluding hydrogens is 332 g/mol. The molecule has 1 atom stereocenters. The maximum atomic E-state index is 11.8. The van der Waals surface area contributed by atoms with Crippen molar-refractivity contribution in [3.05, 3.63) is 24.3 Å². The molecule has 0 amide bonds. The second-order valence-corrected chi connectivity index (χ2v) is 5.51. The van der Waals surface area contributed by atoms with Crippen LogP contribution in [0.15, 0.2) is 24.3 Å². The van der Waals surface area contributed by atoms with Crippen LogP contribution in [0.5, 0.6) is 5.75 Å². The number of para-hydroxylation sites is 2. The number of nitrogens with one attached hydrogen (secondary N) is 1. The first-order chi connectivity index (χ1) is 11.6. The molecule has 1 aromatic carbocycles. The highest BCUT2D eigenvalue weighted by molar-refractivity contribution is 7.80. The smallest absolute Gasteiger partial charge is 0.348 e. The molecule has 2 rings (SSSR count). The third kappa shape index (κ3) is 4.35. The molecule has 1 aliphatic heterocycles. The van der Waals surface area contributed by atoms with Crippen LogP contribution in [0.2, 0.25) is 0 Å². The summed E-state index contributed by atoms with van der Waals surface area (Å²) >= 11 is 5.42. The van der Waals surface area contributed by atoms with E-state index in [0.717, 1.165) is 5.69 Å². The summed E-state index contributed by atoms with van der Waals surface area (Å²) in [4.78, 5) is 24.7. The quantitative estimate of drug-likeness (QED) is 0.482. The number of benzene rings is 1. The van der Waals surface area contributed by atoms with Crippen LogP contribution in [-0.2, 0) is 19.1 Å². The minimum absolute atomic E-state index is 0.256. The van der Waals surface area contributed by atoms with Gasteiger partial charge in [0.15, 0.2) is 5.11 Å². The van der Waals surface area contributed by atoms with Gasteiger partial charge in [0, 0.05) is 13.0 Å². The average Bonchev–Trinajstić information content (AvgIpc) is 2.63. The Balaban J connectivity index is 2.02. The van der Waals surface area contributed by atoms with Crippen molar-refractivity contribution >= 4 is 35.0 Å². The number of methoxy groups -OCH3 is 2. The first kappa shape index (κ1) is 18.0. The highest BCUT2D eigenvalue weighted by Gasteiger charge is 2.33. The van der Waals surface area contributed by atoms with E-state index < -0.39 is 12.1 Å². The third-order valence-corrected chi connectivity index (χ3v) is 3.91. The summed E-state index contributed by atoms with van der Waals surface area (Å²) in [6.45, 7) is 0.781. The standard InChI is InChI=1S/C16H20N2O5S/c1-21-14(19)8-5-9-17-16(24)18-10-13(15(20)22-2)23-12-7-4-3-6-11(12)18/h3-4,6-7,13H,5,8-10H2,1-2H3,(H,17,24)/t13-/m0/s1. The zero-order chi connectivity index (χ0) is 17.5. The van der Waals surface area contributed by atoms with Gasteiger partial charge in [-0.25, -0.2) is 4.79 Å². The molecule has 0 spiro atoms. The van der Waals surface area contributed by atoms with Crippen molar-refractivity contribution < 1.29 is 23.8 Å². The Morgan fingerprint density at radius 2 is 2.08 bits per heavy atom. The summed E-state index contributed by atoms with van der Waals surface area (Å²) in [5, 5.41) is 3.55. The summed E-state index contributed by atoms with van der Waals surface area (Å²) in [7, 11) is 2.68. The monoisotopic (exact) mass is 352 g/mol. The Kier molecular flexibility index (Phi) is 6.36. The lowest BCUT2D eigenvalue weighted by Crippen LogP contribution is -2.50. The predicted molar refractivity (Wildman–Crippen MR) is 92.1 cm³/mol. The minimum atomic E-state index is -0.750. The van der Waals surface area contributed by atoms with Crippen LogP contribution in [0.25, 0.3) is 0 Å². The molecule has 0 saturated heterocycles. The van der Waals surface area contributed by atoms with Gasteiger partial charge in [-0.05, 0) is 30.8 Å². The second kappa shape index (κ2) is 8.49. The highest BCUT2D eigenvalue weighted by atomic mass is 32.1. The van der Waals surface area contributed by atoms with Crippen molar-refractivity contribution in [1.29, 1.82) is 0 Å². The van der Waals surface area contributed by atoms with Crippen molar-refractivity contribution in [2.45, 2.75) is 18.9 Å². The minimum Gasteiger partial charge on any atom is -0.475 e. The molecule has 1 aliphatic rings. The fourth-order valence-electron chi connectivity index (χ4n) is 2.31. The molecule has 1 heterocycles. The number of hydrogen-bond donors (Lipinski definition) is 1. The summed E-state index contributed by atoms with van der Waals surface area (Å²) in [5.74, 6) is -0.147. The Hall–Kier alpha value is -2.35. The van der Waals surface area contributed by atoms with Crippen LogP contribution >= 0.6 is 12.2 Å². The normalized spacial score (nSPS) is 15.8. The van der Waals surface area contributed by atoms with Gasteiger partial charge in [0.2, 0.25) is 6.10 Å². The van der Waals surface area contributed by atoms with Gasteiger partial charge in [-0.1, -0.05) is 12.1 Å². The molecule has 24 heavy (non-hydrogen) atoms. The van der Waals surface area contributed by atoms with Gasteiger partial charge in [-0.2, -0.15) is 0 Å². The Bertz CT molecular complexity index is 622. The molecule has 1 N–H and O–H groups in total. The summed E-state index contributed by atoms with van der Waals surface area (Å²) < 4.78 is 15.0. The van der Waals surface area contributed by atoms with Gasteiger partial charge < -0.3 is 24.4 Å². The molecular formula is C16H20N2O5S. The van der Waals surface area contributed by atoms with Crippen molar-refractivity contribution in [3.63, 3.8) is 0 Å². The molecule has 0 unspecified atom stereocenters. The molecule has 0 aromatic heterocycles. The maximum Gasteiger partial charge on any atom is 0.348 e. The number of fused-ring (bicyclic) bond motifs is 1. The van der Waals surface area contributed by atoms with E-state index in [9.17, 15) is 9.59 Å². The van der Waals surface area contributed by atoms with Gasteiger partial charge in [0.25, 0.3) is 0 Å². The number of hydrogen-bond acceptors (Lipinski definition) is 6. The number of rotatable bonds is 5. The largest absolute Gasteiger partial charge is 0.475 e. The van der Waals surface area contributed by atoms with Crippen molar-refractivity contribution in [1.82, 2.24) is 5.32 Å². The van der Waals surface area contributed by atoms with Crippen LogP contribution in [0.4, 0.5) is 5.69 Å². The van der Waals surface area contributed by atoms with Crippen LogP contribution in [-0.4, -0.2) is 50.5 Å². The van der Waals surface area contributed by atoms with Crippen LogP contribution < -0.4 is 15.0 Å². The molecule has 8 heteroatoms. The van der Waals surface area contributed by atoms with E-state index in [4.69, 9.17) is 21.7 Å². The van der Waals surface area contributed by atoms with E-state index in [2.05, 4.69) is 10.1 Å². The lowest BCUT2D eigenvalue weighted by atomic mass is 10.2. The lowest BCUT2D eigenvalue weighted by Gasteiger charge is -2.35. The van der Waals surface area contributed by atoms with Gasteiger partial charge in [0.05, 0.1) is 26.5 Å². The SMILES string of the molecule is COC(=O)CCCNC(=S)N1C[C@@H](C(=O)OC)Oc2ccccc21. The summed E-state index contributed by atoms with van der Waals surface area (Å²) in [5.41, 5.74) is 0.781. The zero-order valence-electron chi connectivity index (χ0n) is 13.6. The fraction of sp³-hybridized carbons (Fsp3) is 0.438. The molecule has 0 bridgehead atoms. The number of anilines is 1. The number of carbonyl (C=O) groups excluding carboxylic acids is 2. The van der Waals surface area contributed by atoms with Crippen LogP contribution in [0.3, 0.4) is 0 Å². The Labute approximate surface area is 145 Å². The second-order valence-electron chi connectivity index (χ2n) is 5.12.